The van der Waals surface area contributed by atoms with Crippen LogP contribution < -0.4 is 10.6 Å². The lowest BCUT2D eigenvalue weighted by atomic mass is 9.93. The molecule has 2 aromatic rings. The number of amides is 1. The summed E-state index contributed by atoms with van der Waals surface area (Å²) in [6.07, 6.45) is 0.565. The van der Waals surface area contributed by atoms with Crippen LogP contribution in [-0.4, -0.2) is 29.1 Å². The summed E-state index contributed by atoms with van der Waals surface area (Å²) in [5.41, 5.74) is 2.75. The summed E-state index contributed by atoms with van der Waals surface area (Å²) in [5.74, 6) is -0.121. The first-order valence-electron chi connectivity index (χ1n) is 8.08. The minimum Gasteiger partial charge on any atom is -0.396 e. The van der Waals surface area contributed by atoms with Crippen LogP contribution in [0.3, 0.4) is 0 Å². The number of nitrogens with zero attached hydrogens (tertiary/aromatic N) is 1. The maximum Gasteiger partial charge on any atom is 0.251 e. The van der Waals surface area contributed by atoms with E-state index in [2.05, 4.69) is 41.8 Å². The van der Waals surface area contributed by atoms with E-state index in [-0.39, 0.29) is 17.9 Å². The van der Waals surface area contributed by atoms with Crippen LogP contribution in [0.25, 0.3) is 0 Å². The van der Waals surface area contributed by atoms with Crippen molar-refractivity contribution in [3.63, 3.8) is 0 Å². The first-order chi connectivity index (χ1) is 11.4. The predicted octanol–water partition coefficient (Wildman–Crippen LogP) is 3.16. The normalized spacial score (nSPS) is 11.3. The molecule has 0 fully saturated rings. The molecule has 1 aromatic heterocycles. The molecule has 1 aromatic carbocycles. The van der Waals surface area contributed by atoms with Crippen molar-refractivity contribution in [1.82, 2.24) is 10.3 Å². The molecule has 1 heterocycles. The van der Waals surface area contributed by atoms with Crippen molar-refractivity contribution >= 4 is 22.9 Å². The monoisotopic (exact) mass is 347 g/mol. The Kier molecular flexibility index (Phi) is 6.34. The maximum atomic E-state index is 11.9. The topological polar surface area (TPSA) is 74.2 Å². The smallest absolute Gasteiger partial charge is 0.251 e. The molecule has 0 unspecified atom stereocenters. The van der Waals surface area contributed by atoms with E-state index in [1.807, 2.05) is 12.1 Å². The fraction of sp³-hybridized carbons (Fsp3) is 0.444. The van der Waals surface area contributed by atoms with E-state index >= 15 is 0 Å². The number of aromatic nitrogens is 1. The zero-order chi connectivity index (χ0) is 17.6. The van der Waals surface area contributed by atoms with Gasteiger partial charge >= 0.3 is 0 Å². The fourth-order valence-corrected chi connectivity index (χ4v) is 3.00. The molecule has 0 radical (unpaired) electrons. The van der Waals surface area contributed by atoms with Crippen LogP contribution in [0.2, 0.25) is 0 Å². The van der Waals surface area contributed by atoms with Crippen LogP contribution in [0.4, 0.5) is 5.69 Å². The van der Waals surface area contributed by atoms with Crippen molar-refractivity contribution in [3.05, 3.63) is 45.9 Å². The number of carbonyl (C=O) groups excluding carboxylic acids is 1. The highest BCUT2D eigenvalue weighted by Crippen LogP contribution is 2.24. The number of thiazole rings is 1. The summed E-state index contributed by atoms with van der Waals surface area (Å²) in [7, 11) is 0. The van der Waals surface area contributed by atoms with Gasteiger partial charge in [0.15, 0.2) is 0 Å². The molecule has 3 N–H and O–H groups in total. The van der Waals surface area contributed by atoms with Gasteiger partial charge < -0.3 is 15.7 Å². The average molecular weight is 347 g/mol. The highest BCUT2D eigenvalue weighted by molar-refractivity contribution is 7.09. The number of nitrogens with one attached hydrogen (secondary N) is 2. The van der Waals surface area contributed by atoms with Gasteiger partial charge in [-0.15, -0.1) is 11.3 Å². The maximum absolute atomic E-state index is 11.9. The highest BCUT2D eigenvalue weighted by atomic mass is 32.1. The van der Waals surface area contributed by atoms with Crippen LogP contribution >= 0.6 is 11.3 Å². The van der Waals surface area contributed by atoms with E-state index in [9.17, 15) is 4.79 Å². The zero-order valence-electron chi connectivity index (χ0n) is 14.4. The third-order valence-electron chi connectivity index (χ3n) is 3.53. The minimum absolute atomic E-state index is 0.0692. The molecule has 1 amide bonds. The van der Waals surface area contributed by atoms with E-state index in [0.717, 1.165) is 16.4 Å². The first-order valence-corrected chi connectivity index (χ1v) is 8.96. The van der Waals surface area contributed by atoms with Crippen molar-refractivity contribution in [1.29, 1.82) is 0 Å². The van der Waals surface area contributed by atoms with E-state index in [1.165, 1.54) is 0 Å². The Balaban J connectivity index is 1.87. The molecule has 6 heteroatoms. The number of aliphatic hydroxyl groups excluding tert-OH is 1. The lowest BCUT2D eigenvalue weighted by molar-refractivity contribution is 0.0951. The molecule has 0 spiro atoms. The molecule has 2 rings (SSSR count). The van der Waals surface area contributed by atoms with E-state index < -0.39 is 0 Å². The Bertz CT molecular complexity index is 660. The number of carbonyl (C=O) groups is 1. The summed E-state index contributed by atoms with van der Waals surface area (Å²) in [5, 5.41) is 18.0. The van der Waals surface area contributed by atoms with E-state index in [1.54, 1.807) is 23.5 Å². The fourth-order valence-electron chi connectivity index (χ4n) is 2.04. The molecular formula is C18H25N3O2S. The van der Waals surface area contributed by atoms with E-state index in [4.69, 9.17) is 5.11 Å². The predicted molar refractivity (Wildman–Crippen MR) is 98.6 cm³/mol. The molecule has 130 valence electrons. The standard InChI is InChI=1S/C18H25N3O2S/c1-18(2,3)15-12-24-16(21-15)11-20-14-7-5-13(6-8-14)17(23)19-9-4-10-22/h5-8,12,20,22H,4,9-11H2,1-3H3,(H,19,23). The molecule has 5 nitrogen and oxygen atoms in total. The third-order valence-corrected chi connectivity index (χ3v) is 4.38. The summed E-state index contributed by atoms with van der Waals surface area (Å²) in [4.78, 5) is 16.5. The minimum atomic E-state index is -0.121. The van der Waals surface area contributed by atoms with Crippen LogP contribution in [0, 0.1) is 0 Å². The molecule has 0 aliphatic carbocycles. The first kappa shape index (κ1) is 18.4. The second-order valence-corrected chi connectivity index (χ2v) is 7.58. The van der Waals surface area contributed by atoms with Gasteiger partial charge in [-0.2, -0.15) is 0 Å². The molecular weight excluding hydrogens is 322 g/mol. The summed E-state index contributed by atoms with van der Waals surface area (Å²) < 4.78 is 0. The van der Waals surface area contributed by atoms with Gasteiger partial charge in [0.2, 0.25) is 0 Å². The number of rotatable bonds is 7. The number of hydrogen-bond donors (Lipinski definition) is 3. The molecule has 0 saturated heterocycles. The summed E-state index contributed by atoms with van der Waals surface area (Å²) >= 11 is 1.66. The Morgan fingerprint density at radius 2 is 1.96 bits per heavy atom. The van der Waals surface area contributed by atoms with Crippen molar-refractivity contribution < 1.29 is 9.90 Å². The summed E-state index contributed by atoms with van der Waals surface area (Å²) in [6.45, 7) is 7.70. The highest BCUT2D eigenvalue weighted by Gasteiger charge is 2.17. The Morgan fingerprint density at radius 1 is 1.25 bits per heavy atom. The van der Waals surface area contributed by atoms with Crippen molar-refractivity contribution in [2.45, 2.75) is 39.2 Å². The Hall–Kier alpha value is -1.92. The zero-order valence-corrected chi connectivity index (χ0v) is 15.2. The van der Waals surface area contributed by atoms with Gasteiger partial charge in [-0.1, -0.05) is 20.8 Å². The second kappa shape index (κ2) is 8.26. The Labute approximate surface area is 147 Å². The SMILES string of the molecule is CC(C)(C)c1csc(CNc2ccc(C(=O)NCCCO)cc2)n1. The number of anilines is 1. The van der Waals surface area contributed by atoms with Crippen molar-refractivity contribution in [2.75, 3.05) is 18.5 Å². The lowest BCUT2D eigenvalue weighted by Crippen LogP contribution is -2.24. The van der Waals surface area contributed by atoms with Gasteiger partial charge in [0.05, 0.1) is 12.2 Å². The van der Waals surface area contributed by atoms with E-state index in [0.29, 0.717) is 25.1 Å². The number of aliphatic hydroxyl groups is 1. The molecule has 0 saturated carbocycles. The van der Waals surface area contributed by atoms with Gasteiger partial charge in [-0.25, -0.2) is 4.98 Å². The van der Waals surface area contributed by atoms with Crippen LogP contribution in [0.1, 0.15) is 48.3 Å². The average Bonchev–Trinajstić information content (AvgIpc) is 3.03. The molecule has 0 aliphatic rings. The van der Waals surface area contributed by atoms with Crippen molar-refractivity contribution in [2.24, 2.45) is 0 Å². The summed E-state index contributed by atoms with van der Waals surface area (Å²) in [6, 6.07) is 7.36. The van der Waals surface area contributed by atoms with Gasteiger partial charge in [-0.3, -0.25) is 4.79 Å². The molecule has 0 bridgehead atoms. The van der Waals surface area contributed by atoms with Crippen LogP contribution in [0.15, 0.2) is 29.6 Å². The van der Waals surface area contributed by atoms with Crippen LogP contribution in [0.5, 0.6) is 0 Å². The molecule has 0 atom stereocenters. The molecule has 24 heavy (non-hydrogen) atoms. The largest absolute Gasteiger partial charge is 0.396 e. The lowest BCUT2D eigenvalue weighted by Gasteiger charge is -2.14. The van der Waals surface area contributed by atoms with Gasteiger partial charge in [0.1, 0.15) is 5.01 Å². The van der Waals surface area contributed by atoms with Gasteiger partial charge in [0, 0.05) is 35.2 Å². The second-order valence-electron chi connectivity index (χ2n) is 6.64. The third kappa shape index (κ3) is 5.32. The van der Waals surface area contributed by atoms with Crippen molar-refractivity contribution in [3.8, 4) is 0 Å². The van der Waals surface area contributed by atoms with Gasteiger partial charge in [0.25, 0.3) is 5.91 Å². The van der Waals surface area contributed by atoms with Crippen LogP contribution in [-0.2, 0) is 12.0 Å². The van der Waals surface area contributed by atoms with Gasteiger partial charge in [-0.05, 0) is 30.7 Å². The number of benzene rings is 1. The molecule has 0 aliphatic heterocycles. The quantitative estimate of drug-likeness (QED) is 0.673. The number of hydrogen-bond acceptors (Lipinski definition) is 5. The Morgan fingerprint density at radius 3 is 2.54 bits per heavy atom.